The molecule has 0 aromatic carbocycles. The molecular weight excluding hydrogens is 224 g/mol. The van der Waals surface area contributed by atoms with E-state index in [1.54, 1.807) is 0 Å². The first-order chi connectivity index (χ1) is 8.27. The molecule has 1 aromatic heterocycles. The maximum absolute atomic E-state index is 12.6. The molecule has 17 heavy (non-hydrogen) atoms. The van der Waals surface area contributed by atoms with E-state index in [4.69, 9.17) is 0 Å². The van der Waals surface area contributed by atoms with Crippen molar-refractivity contribution in [2.24, 2.45) is 0 Å². The molecule has 1 aliphatic rings. The third-order valence-electron chi connectivity index (χ3n) is 3.36. The van der Waals surface area contributed by atoms with Gasteiger partial charge >= 0.3 is 6.55 Å². The van der Waals surface area contributed by atoms with Gasteiger partial charge in [-0.25, -0.2) is 4.98 Å². The van der Waals surface area contributed by atoms with E-state index in [1.807, 2.05) is 0 Å². The number of nitrogens with zero attached hydrogens (tertiary/aromatic N) is 2. The normalized spacial score (nSPS) is 18.5. The molecule has 1 fully saturated rings. The number of halogens is 2. The second kappa shape index (κ2) is 6.10. The Morgan fingerprint density at radius 1 is 1.29 bits per heavy atom. The maximum atomic E-state index is 12.6. The second-order valence-corrected chi connectivity index (χ2v) is 4.60. The zero-order valence-electron chi connectivity index (χ0n) is 9.91. The summed E-state index contributed by atoms with van der Waals surface area (Å²) in [6.45, 7) is -2.06. The molecule has 0 bridgehead atoms. The Kier molecular flexibility index (Phi) is 4.48. The SMILES string of the molecule is FC(F)n1ccnc1CNC1CCCCCC1. The first-order valence-corrected chi connectivity index (χ1v) is 6.30. The molecule has 5 heteroatoms. The predicted molar refractivity (Wildman–Crippen MR) is 61.8 cm³/mol. The summed E-state index contributed by atoms with van der Waals surface area (Å²) in [6.07, 6.45) is 10.1. The zero-order chi connectivity index (χ0) is 12.1. The van der Waals surface area contributed by atoms with Crippen LogP contribution in [0.4, 0.5) is 8.78 Å². The molecule has 2 rings (SSSR count). The van der Waals surface area contributed by atoms with Gasteiger partial charge in [-0.1, -0.05) is 25.7 Å². The number of hydrogen-bond acceptors (Lipinski definition) is 2. The highest BCUT2D eigenvalue weighted by Gasteiger charge is 2.14. The van der Waals surface area contributed by atoms with E-state index < -0.39 is 6.55 Å². The summed E-state index contributed by atoms with van der Waals surface area (Å²) in [7, 11) is 0. The summed E-state index contributed by atoms with van der Waals surface area (Å²) in [5.74, 6) is 0.421. The van der Waals surface area contributed by atoms with Crippen molar-refractivity contribution >= 4 is 0 Å². The smallest absolute Gasteiger partial charge is 0.307 e. The highest BCUT2D eigenvalue weighted by molar-refractivity contribution is 4.93. The van der Waals surface area contributed by atoms with Gasteiger partial charge in [-0.2, -0.15) is 8.78 Å². The Labute approximate surface area is 100 Å². The lowest BCUT2D eigenvalue weighted by Gasteiger charge is -2.16. The van der Waals surface area contributed by atoms with Crippen LogP contribution < -0.4 is 5.32 Å². The van der Waals surface area contributed by atoms with E-state index in [-0.39, 0.29) is 0 Å². The van der Waals surface area contributed by atoms with Crippen LogP contribution in [0, 0.1) is 0 Å². The van der Waals surface area contributed by atoms with Gasteiger partial charge in [0, 0.05) is 18.4 Å². The minimum Gasteiger partial charge on any atom is -0.307 e. The van der Waals surface area contributed by atoms with Crippen molar-refractivity contribution in [1.29, 1.82) is 0 Å². The fourth-order valence-corrected chi connectivity index (χ4v) is 2.38. The van der Waals surface area contributed by atoms with Crippen molar-refractivity contribution in [3.05, 3.63) is 18.2 Å². The predicted octanol–water partition coefficient (Wildman–Crippen LogP) is 3.09. The molecule has 96 valence electrons. The van der Waals surface area contributed by atoms with Crippen LogP contribution >= 0.6 is 0 Å². The minimum atomic E-state index is -2.50. The van der Waals surface area contributed by atoms with Crippen LogP contribution in [0.25, 0.3) is 0 Å². The molecule has 0 radical (unpaired) electrons. The molecular formula is C12H19F2N3. The van der Waals surface area contributed by atoms with E-state index in [1.165, 1.54) is 38.1 Å². The van der Waals surface area contributed by atoms with Crippen LogP contribution in [-0.2, 0) is 6.54 Å². The van der Waals surface area contributed by atoms with Crippen molar-refractivity contribution in [2.75, 3.05) is 0 Å². The molecule has 0 unspecified atom stereocenters. The fraction of sp³-hybridized carbons (Fsp3) is 0.750. The molecule has 1 N–H and O–H groups in total. The van der Waals surface area contributed by atoms with Gasteiger partial charge in [0.05, 0.1) is 6.54 Å². The van der Waals surface area contributed by atoms with Crippen LogP contribution in [-0.4, -0.2) is 15.6 Å². The molecule has 1 aliphatic carbocycles. The third kappa shape index (κ3) is 3.49. The van der Waals surface area contributed by atoms with Crippen molar-refractivity contribution in [1.82, 2.24) is 14.9 Å². The van der Waals surface area contributed by atoms with E-state index >= 15 is 0 Å². The Hall–Kier alpha value is -0.970. The summed E-state index contributed by atoms with van der Waals surface area (Å²) in [5, 5.41) is 3.34. The summed E-state index contributed by atoms with van der Waals surface area (Å²) < 4.78 is 26.1. The van der Waals surface area contributed by atoms with Gasteiger partial charge in [-0.15, -0.1) is 0 Å². The zero-order valence-corrected chi connectivity index (χ0v) is 9.91. The number of rotatable bonds is 4. The van der Waals surface area contributed by atoms with Crippen LogP contribution in [0.5, 0.6) is 0 Å². The monoisotopic (exact) mass is 243 g/mol. The van der Waals surface area contributed by atoms with Gasteiger partial charge in [-0.05, 0) is 12.8 Å². The molecule has 0 amide bonds. The minimum absolute atomic E-state index is 0.421. The fourth-order valence-electron chi connectivity index (χ4n) is 2.38. The average Bonchev–Trinajstić information content (AvgIpc) is 2.63. The lowest BCUT2D eigenvalue weighted by atomic mass is 10.1. The van der Waals surface area contributed by atoms with Crippen LogP contribution in [0.15, 0.2) is 12.4 Å². The third-order valence-corrected chi connectivity index (χ3v) is 3.36. The van der Waals surface area contributed by atoms with Crippen molar-refractivity contribution in [3.8, 4) is 0 Å². The Morgan fingerprint density at radius 3 is 2.65 bits per heavy atom. The van der Waals surface area contributed by atoms with Gasteiger partial charge < -0.3 is 5.32 Å². The summed E-state index contributed by atoms with van der Waals surface area (Å²) in [4.78, 5) is 3.97. The van der Waals surface area contributed by atoms with E-state index in [2.05, 4.69) is 10.3 Å². The number of imidazole rings is 1. The lowest BCUT2D eigenvalue weighted by Crippen LogP contribution is -2.29. The number of alkyl halides is 2. The molecule has 1 aromatic rings. The molecule has 1 heterocycles. The Balaban J connectivity index is 1.86. The van der Waals surface area contributed by atoms with Crippen molar-refractivity contribution in [3.63, 3.8) is 0 Å². The average molecular weight is 243 g/mol. The number of aromatic nitrogens is 2. The summed E-state index contributed by atoms with van der Waals surface area (Å²) in [6, 6.07) is 0.459. The second-order valence-electron chi connectivity index (χ2n) is 4.60. The molecule has 0 aliphatic heterocycles. The molecule has 0 saturated heterocycles. The largest absolute Gasteiger partial charge is 0.319 e. The standard InChI is InChI=1S/C12H19F2N3/c13-12(14)17-8-7-15-11(17)9-16-10-5-3-1-2-4-6-10/h7-8,10,12,16H,1-6,9H2. The van der Waals surface area contributed by atoms with Gasteiger partial charge in [0.2, 0.25) is 0 Å². The Morgan fingerprint density at radius 2 is 2.00 bits per heavy atom. The van der Waals surface area contributed by atoms with Gasteiger partial charge in [0.15, 0.2) is 0 Å². The first-order valence-electron chi connectivity index (χ1n) is 6.30. The van der Waals surface area contributed by atoms with E-state index in [9.17, 15) is 8.78 Å². The van der Waals surface area contributed by atoms with Crippen LogP contribution in [0.3, 0.4) is 0 Å². The molecule has 3 nitrogen and oxygen atoms in total. The van der Waals surface area contributed by atoms with E-state index in [0.29, 0.717) is 18.4 Å². The topological polar surface area (TPSA) is 29.9 Å². The number of nitrogens with one attached hydrogen (secondary N) is 1. The molecule has 0 atom stereocenters. The maximum Gasteiger partial charge on any atom is 0.319 e. The van der Waals surface area contributed by atoms with Crippen molar-refractivity contribution < 1.29 is 8.78 Å². The highest BCUT2D eigenvalue weighted by atomic mass is 19.3. The summed E-state index contributed by atoms with van der Waals surface area (Å²) in [5.41, 5.74) is 0. The Bertz CT molecular complexity index is 330. The lowest BCUT2D eigenvalue weighted by molar-refractivity contribution is 0.0664. The number of hydrogen-bond donors (Lipinski definition) is 1. The molecule has 0 spiro atoms. The highest BCUT2D eigenvalue weighted by Crippen LogP contribution is 2.18. The van der Waals surface area contributed by atoms with Crippen LogP contribution in [0.2, 0.25) is 0 Å². The van der Waals surface area contributed by atoms with Gasteiger partial charge in [-0.3, -0.25) is 4.57 Å². The quantitative estimate of drug-likeness (QED) is 0.823. The first kappa shape index (κ1) is 12.5. The molecule has 1 saturated carbocycles. The summed E-state index contributed by atoms with van der Waals surface area (Å²) >= 11 is 0. The van der Waals surface area contributed by atoms with Crippen molar-refractivity contribution in [2.45, 2.75) is 57.7 Å². The van der Waals surface area contributed by atoms with Gasteiger partial charge in [0.25, 0.3) is 0 Å². The van der Waals surface area contributed by atoms with Crippen LogP contribution in [0.1, 0.15) is 50.9 Å². The van der Waals surface area contributed by atoms with Gasteiger partial charge in [0.1, 0.15) is 5.82 Å². The van der Waals surface area contributed by atoms with E-state index in [0.717, 1.165) is 17.4 Å².